The van der Waals surface area contributed by atoms with Crippen molar-refractivity contribution in [3.05, 3.63) is 52.6 Å². The molecule has 1 N–H and O–H groups in total. The fourth-order valence-electron chi connectivity index (χ4n) is 2.74. The predicted octanol–water partition coefficient (Wildman–Crippen LogP) is 3.35. The number of para-hydroxylation sites is 1. The smallest absolute Gasteiger partial charge is 0.274 e. The third-order valence-corrected chi connectivity index (χ3v) is 3.73. The molecule has 0 saturated carbocycles. The zero-order valence-corrected chi connectivity index (χ0v) is 14.1. The molecule has 124 valence electrons. The Labute approximate surface area is 143 Å². The number of hydrogen-bond acceptors (Lipinski definition) is 4. The molecule has 1 aliphatic rings. The van der Waals surface area contributed by atoms with Crippen molar-refractivity contribution in [1.82, 2.24) is 10.2 Å². The summed E-state index contributed by atoms with van der Waals surface area (Å²) >= 11 is 0. The van der Waals surface area contributed by atoms with E-state index in [1.54, 1.807) is 12.1 Å². The number of allylic oxidation sites excluding steroid dienone is 1. The Morgan fingerprint density at radius 3 is 2.55 bits per heavy atom. The molecule has 1 aromatic carbocycles. The first kappa shape index (κ1) is 20.9. The van der Waals surface area contributed by atoms with E-state index in [1.165, 1.54) is 0 Å². The summed E-state index contributed by atoms with van der Waals surface area (Å²) in [5, 5.41) is 14.6. The van der Waals surface area contributed by atoms with Gasteiger partial charge in [0.15, 0.2) is 0 Å². The molecule has 0 radical (unpaired) electrons. The van der Waals surface area contributed by atoms with Gasteiger partial charge in [0.25, 0.3) is 5.69 Å². The molecule has 0 aliphatic carbocycles. The molecule has 0 aromatic heterocycles. The van der Waals surface area contributed by atoms with Gasteiger partial charge in [0.1, 0.15) is 0 Å². The van der Waals surface area contributed by atoms with Gasteiger partial charge in [-0.25, -0.2) is 0 Å². The van der Waals surface area contributed by atoms with Crippen molar-refractivity contribution in [2.24, 2.45) is 0 Å². The average Bonchev–Trinajstić information content (AvgIpc) is 2.49. The van der Waals surface area contributed by atoms with Crippen molar-refractivity contribution in [1.29, 1.82) is 0 Å². The third-order valence-electron chi connectivity index (χ3n) is 3.73. The van der Waals surface area contributed by atoms with Gasteiger partial charge in [-0.15, -0.1) is 31.4 Å². The van der Waals surface area contributed by atoms with Crippen molar-refractivity contribution in [2.45, 2.75) is 18.9 Å². The van der Waals surface area contributed by atoms with E-state index in [4.69, 9.17) is 0 Å². The number of nitro groups is 1. The van der Waals surface area contributed by atoms with Gasteiger partial charge in [-0.1, -0.05) is 24.3 Å². The predicted molar refractivity (Wildman–Crippen MR) is 94.2 cm³/mol. The number of benzene rings is 1. The van der Waals surface area contributed by atoms with Crippen LogP contribution in [0.5, 0.6) is 0 Å². The number of hydrogen-bond donors (Lipinski definition) is 1. The first-order chi connectivity index (χ1) is 9.74. The summed E-state index contributed by atoms with van der Waals surface area (Å²) in [6, 6.07) is 7.18. The maximum absolute atomic E-state index is 11.2. The van der Waals surface area contributed by atoms with E-state index in [1.807, 2.05) is 18.2 Å². The van der Waals surface area contributed by atoms with E-state index in [-0.39, 0.29) is 41.5 Å². The Bertz CT molecular complexity index is 480. The van der Waals surface area contributed by atoms with E-state index >= 15 is 0 Å². The molecule has 0 unspecified atom stereocenters. The van der Waals surface area contributed by atoms with Crippen molar-refractivity contribution in [3.63, 3.8) is 0 Å². The minimum atomic E-state index is -0.279. The molecular weight excluding hydrogens is 325 g/mol. The SMILES string of the molecule is C=CCC[C@@H](c1ccccc1[N+](=O)[O-])N1CCNCC1.Cl.Cl. The highest BCUT2D eigenvalue weighted by atomic mass is 35.5. The van der Waals surface area contributed by atoms with Crippen LogP contribution in [0.25, 0.3) is 0 Å². The van der Waals surface area contributed by atoms with Gasteiger partial charge in [-0.05, 0) is 12.8 Å². The highest BCUT2D eigenvalue weighted by Gasteiger charge is 2.27. The summed E-state index contributed by atoms with van der Waals surface area (Å²) in [6.07, 6.45) is 3.61. The lowest BCUT2D eigenvalue weighted by Crippen LogP contribution is -2.45. The second-order valence-corrected chi connectivity index (χ2v) is 4.98. The van der Waals surface area contributed by atoms with Gasteiger partial charge in [-0.3, -0.25) is 15.0 Å². The van der Waals surface area contributed by atoms with Gasteiger partial charge >= 0.3 is 0 Å². The fourth-order valence-corrected chi connectivity index (χ4v) is 2.74. The maximum Gasteiger partial charge on any atom is 0.274 e. The molecule has 0 spiro atoms. The summed E-state index contributed by atoms with van der Waals surface area (Å²) in [5.74, 6) is 0. The Balaban J connectivity index is 0.00000220. The molecule has 1 fully saturated rings. The molecule has 7 heteroatoms. The van der Waals surface area contributed by atoms with Crippen LogP contribution in [-0.2, 0) is 0 Å². The normalized spacial score (nSPS) is 16.0. The monoisotopic (exact) mass is 347 g/mol. The zero-order chi connectivity index (χ0) is 14.4. The largest absolute Gasteiger partial charge is 0.314 e. The van der Waals surface area contributed by atoms with E-state index in [0.717, 1.165) is 44.6 Å². The Hall–Kier alpha value is -1.14. The van der Waals surface area contributed by atoms with Crippen LogP contribution in [0.15, 0.2) is 36.9 Å². The molecule has 1 atom stereocenters. The molecular formula is C15H23Cl2N3O2. The van der Waals surface area contributed by atoms with Crippen LogP contribution in [0.1, 0.15) is 24.4 Å². The molecule has 1 saturated heterocycles. The quantitative estimate of drug-likeness (QED) is 0.487. The summed E-state index contributed by atoms with van der Waals surface area (Å²) in [6.45, 7) is 7.48. The number of rotatable bonds is 6. The van der Waals surface area contributed by atoms with Gasteiger partial charge in [0, 0.05) is 43.9 Å². The van der Waals surface area contributed by atoms with Gasteiger partial charge in [0.05, 0.1) is 4.92 Å². The molecule has 1 aromatic rings. The van der Waals surface area contributed by atoms with Crippen LogP contribution in [0.3, 0.4) is 0 Å². The first-order valence-corrected chi connectivity index (χ1v) is 7.03. The maximum atomic E-state index is 11.2. The molecule has 0 bridgehead atoms. The van der Waals surface area contributed by atoms with Crippen LogP contribution in [0.4, 0.5) is 5.69 Å². The highest BCUT2D eigenvalue weighted by Crippen LogP contribution is 2.32. The summed E-state index contributed by atoms with van der Waals surface area (Å²) in [4.78, 5) is 13.3. The molecule has 0 amide bonds. The number of nitrogens with one attached hydrogen (secondary N) is 1. The van der Waals surface area contributed by atoms with Crippen molar-refractivity contribution in [3.8, 4) is 0 Å². The molecule has 5 nitrogen and oxygen atoms in total. The van der Waals surface area contributed by atoms with E-state index < -0.39 is 0 Å². The van der Waals surface area contributed by atoms with Crippen LogP contribution < -0.4 is 5.32 Å². The minimum Gasteiger partial charge on any atom is -0.314 e. The fraction of sp³-hybridized carbons (Fsp3) is 0.467. The lowest BCUT2D eigenvalue weighted by atomic mass is 9.98. The summed E-state index contributed by atoms with van der Waals surface area (Å²) in [5.41, 5.74) is 1.04. The number of piperazine rings is 1. The van der Waals surface area contributed by atoms with Crippen molar-refractivity contribution < 1.29 is 4.92 Å². The standard InChI is InChI=1S/C15H21N3O2.2ClH/c1-2-3-7-14(17-11-9-16-10-12-17)13-6-4-5-8-15(13)18(19)20;;/h2,4-6,8,14,16H,1,3,7,9-12H2;2*1H/t14-;;/m0../s1. The second-order valence-electron chi connectivity index (χ2n) is 4.98. The van der Waals surface area contributed by atoms with Crippen LogP contribution in [-0.4, -0.2) is 36.0 Å². The molecule has 2 rings (SSSR count). The Morgan fingerprint density at radius 2 is 1.95 bits per heavy atom. The van der Waals surface area contributed by atoms with Gasteiger partial charge in [0.2, 0.25) is 0 Å². The van der Waals surface area contributed by atoms with Crippen LogP contribution >= 0.6 is 24.8 Å². The second kappa shape index (κ2) is 10.6. The molecule has 1 aliphatic heterocycles. The van der Waals surface area contributed by atoms with E-state index in [2.05, 4.69) is 16.8 Å². The van der Waals surface area contributed by atoms with E-state index in [0.29, 0.717) is 0 Å². The molecule has 22 heavy (non-hydrogen) atoms. The third kappa shape index (κ3) is 5.25. The van der Waals surface area contributed by atoms with Gasteiger partial charge < -0.3 is 5.32 Å². The summed E-state index contributed by atoms with van der Waals surface area (Å²) < 4.78 is 0. The molecule has 1 heterocycles. The van der Waals surface area contributed by atoms with Crippen LogP contribution in [0, 0.1) is 10.1 Å². The lowest BCUT2D eigenvalue weighted by molar-refractivity contribution is -0.386. The Kier molecular flexibility index (Phi) is 10.0. The zero-order valence-electron chi connectivity index (χ0n) is 12.4. The topological polar surface area (TPSA) is 58.4 Å². The average molecular weight is 348 g/mol. The van der Waals surface area contributed by atoms with Gasteiger partial charge in [-0.2, -0.15) is 0 Å². The van der Waals surface area contributed by atoms with Crippen molar-refractivity contribution in [2.75, 3.05) is 26.2 Å². The number of nitro benzene ring substituents is 1. The Morgan fingerprint density at radius 1 is 1.32 bits per heavy atom. The first-order valence-electron chi connectivity index (χ1n) is 7.03. The number of halogens is 2. The summed E-state index contributed by atoms with van der Waals surface area (Å²) in [7, 11) is 0. The number of nitrogens with zero attached hydrogens (tertiary/aromatic N) is 2. The lowest BCUT2D eigenvalue weighted by Gasteiger charge is -2.35. The van der Waals surface area contributed by atoms with Crippen LogP contribution in [0.2, 0.25) is 0 Å². The van der Waals surface area contributed by atoms with Crippen molar-refractivity contribution >= 4 is 30.5 Å². The highest BCUT2D eigenvalue weighted by molar-refractivity contribution is 5.85. The minimum absolute atomic E-state index is 0. The van der Waals surface area contributed by atoms with E-state index in [9.17, 15) is 10.1 Å².